The van der Waals surface area contributed by atoms with E-state index in [1.807, 2.05) is 52.0 Å². The molecule has 0 atom stereocenters. The lowest BCUT2D eigenvalue weighted by Gasteiger charge is -2.12. The molecule has 6 heteroatoms. The van der Waals surface area contributed by atoms with E-state index in [-0.39, 0.29) is 5.91 Å². The molecule has 1 aromatic heterocycles. The molecule has 2 rings (SSSR count). The minimum absolute atomic E-state index is 0.0483. The molecular formula is C18H23N3O2S. The molecular weight excluding hydrogens is 322 g/mol. The quantitative estimate of drug-likeness (QED) is 0.475. The molecule has 0 aliphatic rings. The SMILES string of the molecule is Cc1cc(C)nc(SCC(=O)NCCOc2c(C)cccc2C)n1. The van der Waals surface area contributed by atoms with Crippen LogP contribution in [0.25, 0.3) is 0 Å². The number of carbonyl (C=O) groups is 1. The maximum atomic E-state index is 11.9. The molecule has 0 saturated carbocycles. The number of aromatic nitrogens is 2. The van der Waals surface area contributed by atoms with Crippen LogP contribution in [0.1, 0.15) is 22.5 Å². The number of rotatable bonds is 7. The first kappa shape index (κ1) is 18.3. The van der Waals surface area contributed by atoms with Gasteiger partial charge in [0.25, 0.3) is 0 Å². The zero-order chi connectivity index (χ0) is 17.5. The zero-order valence-corrected chi connectivity index (χ0v) is 15.4. The van der Waals surface area contributed by atoms with Crippen LogP contribution in [0, 0.1) is 27.7 Å². The van der Waals surface area contributed by atoms with Gasteiger partial charge in [0.05, 0.1) is 12.3 Å². The van der Waals surface area contributed by atoms with Crippen molar-refractivity contribution in [1.29, 1.82) is 0 Å². The first-order valence-electron chi connectivity index (χ1n) is 7.86. The number of carbonyl (C=O) groups excluding carboxylic acids is 1. The number of nitrogens with one attached hydrogen (secondary N) is 1. The largest absolute Gasteiger partial charge is 0.491 e. The van der Waals surface area contributed by atoms with E-state index in [9.17, 15) is 4.79 Å². The molecule has 0 spiro atoms. The number of benzene rings is 1. The van der Waals surface area contributed by atoms with Crippen molar-refractivity contribution in [2.45, 2.75) is 32.9 Å². The third-order valence-electron chi connectivity index (χ3n) is 3.37. The lowest BCUT2D eigenvalue weighted by atomic mass is 10.1. The summed E-state index contributed by atoms with van der Waals surface area (Å²) >= 11 is 1.34. The van der Waals surface area contributed by atoms with Gasteiger partial charge in [-0.25, -0.2) is 9.97 Å². The second-order valence-electron chi connectivity index (χ2n) is 5.64. The number of hydrogen-bond acceptors (Lipinski definition) is 5. The van der Waals surface area contributed by atoms with Crippen molar-refractivity contribution in [2.75, 3.05) is 18.9 Å². The Morgan fingerprint density at radius 2 is 1.75 bits per heavy atom. The van der Waals surface area contributed by atoms with Gasteiger partial charge in [-0.05, 0) is 44.9 Å². The molecule has 0 radical (unpaired) electrons. The molecule has 0 bridgehead atoms. The van der Waals surface area contributed by atoms with Crippen molar-refractivity contribution in [3.05, 3.63) is 46.8 Å². The number of hydrogen-bond donors (Lipinski definition) is 1. The van der Waals surface area contributed by atoms with Gasteiger partial charge in [-0.2, -0.15) is 0 Å². The van der Waals surface area contributed by atoms with Crippen LogP contribution in [0.15, 0.2) is 29.4 Å². The summed E-state index contributed by atoms with van der Waals surface area (Å²) in [6.45, 7) is 8.79. The summed E-state index contributed by atoms with van der Waals surface area (Å²) in [6, 6.07) is 7.95. The number of amides is 1. The van der Waals surface area contributed by atoms with Crippen LogP contribution in [0.4, 0.5) is 0 Å². The fourth-order valence-corrected chi connectivity index (χ4v) is 3.09. The Labute approximate surface area is 147 Å². The highest BCUT2D eigenvalue weighted by Gasteiger charge is 2.07. The van der Waals surface area contributed by atoms with Gasteiger partial charge in [0.15, 0.2) is 5.16 Å². The van der Waals surface area contributed by atoms with Crippen molar-refractivity contribution in [2.24, 2.45) is 0 Å². The van der Waals surface area contributed by atoms with Crippen molar-refractivity contribution < 1.29 is 9.53 Å². The second kappa shape index (κ2) is 8.68. The lowest BCUT2D eigenvalue weighted by Crippen LogP contribution is -2.29. The molecule has 24 heavy (non-hydrogen) atoms. The van der Waals surface area contributed by atoms with Gasteiger partial charge < -0.3 is 10.1 Å². The van der Waals surface area contributed by atoms with Crippen molar-refractivity contribution >= 4 is 17.7 Å². The summed E-state index contributed by atoms with van der Waals surface area (Å²) in [7, 11) is 0. The van der Waals surface area contributed by atoms with Gasteiger partial charge in [-0.3, -0.25) is 4.79 Å². The number of nitrogens with zero attached hydrogens (tertiary/aromatic N) is 2. The topological polar surface area (TPSA) is 64.1 Å². The summed E-state index contributed by atoms with van der Waals surface area (Å²) in [5.41, 5.74) is 4.02. The third kappa shape index (κ3) is 5.53. The molecule has 1 heterocycles. The molecule has 5 nitrogen and oxygen atoms in total. The van der Waals surface area contributed by atoms with E-state index in [0.717, 1.165) is 28.3 Å². The Morgan fingerprint density at radius 3 is 2.38 bits per heavy atom. The van der Waals surface area contributed by atoms with Crippen LogP contribution in [-0.4, -0.2) is 34.8 Å². The monoisotopic (exact) mass is 345 g/mol. The van der Waals surface area contributed by atoms with Crippen molar-refractivity contribution in [1.82, 2.24) is 15.3 Å². The van der Waals surface area contributed by atoms with Crippen LogP contribution in [0.5, 0.6) is 5.75 Å². The Balaban J connectivity index is 1.72. The van der Waals surface area contributed by atoms with Gasteiger partial charge >= 0.3 is 0 Å². The second-order valence-corrected chi connectivity index (χ2v) is 6.58. The van der Waals surface area contributed by atoms with Gasteiger partial charge in [0.2, 0.25) is 5.91 Å². The van der Waals surface area contributed by atoms with Crippen LogP contribution in [0.2, 0.25) is 0 Å². The van der Waals surface area contributed by atoms with E-state index in [4.69, 9.17) is 4.74 Å². The molecule has 1 aromatic carbocycles. The molecule has 0 fully saturated rings. The average Bonchev–Trinajstić information content (AvgIpc) is 2.51. The minimum atomic E-state index is -0.0483. The summed E-state index contributed by atoms with van der Waals surface area (Å²) in [5.74, 6) is 1.14. The molecule has 1 N–H and O–H groups in total. The minimum Gasteiger partial charge on any atom is -0.491 e. The molecule has 0 aliphatic carbocycles. The lowest BCUT2D eigenvalue weighted by molar-refractivity contribution is -0.118. The van der Waals surface area contributed by atoms with Gasteiger partial charge in [0, 0.05) is 11.4 Å². The van der Waals surface area contributed by atoms with Gasteiger partial charge in [-0.1, -0.05) is 30.0 Å². The highest BCUT2D eigenvalue weighted by Crippen LogP contribution is 2.21. The first-order valence-corrected chi connectivity index (χ1v) is 8.85. The summed E-state index contributed by atoms with van der Waals surface area (Å²) in [4.78, 5) is 20.5. The number of thioether (sulfide) groups is 1. The maximum Gasteiger partial charge on any atom is 0.230 e. The Kier molecular flexibility index (Phi) is 6.61. The standard InChI is InChI=1S/C18H23N3O2S/c1-12-6-5-7-13(2)17(12)23-9-8-19-16(22)11-24-18-20-14(3)10-15(4)21-18/h5-7,10H,8-9,11H2,1-4H3,(H,19,22). The van der Waals surface area contributed by atoms with E-state index in [2.05, 4.69) is 15.3 Å². The Bertz CT molecular complexity index is 679. The number of ether oxygens (including phenoxy) is 1. The third-order valence-corrected chi connectivity index (χ3v) is 4.22. The van der Waals surface area contributed by atoms with E-state index in [1.54, 1.807) is 0 Å². The fraction of sp³-hybridized carbons (Fsp3) is 0.389. The fourth-order valence-electron chi connectivity index (χ4n) is 2.31. The predicted molar refractivity (Wildman–Crippen MR) is 96.7 cm³/mol. The Hall–Kier alpha value is -2.08. The van der Waals surface area contributed by atoms with Crippen molar-refractivity contribution in [3.63, 3.8) is 0 Å². The molecule has 0 unspecified atom stereocenters. The highest BCUT2D eigenvalue weighted by molar-refractivity contribution is 7.99. The van der Waals surface area contributed by atoms with E-state index in [1.165, 1.54) is 11.8 Å². The summed E-state index contributed by atoms with van der Waals surface area (Å²) < 4.78 is 5.77. The summed E-state index contributed by atoms with van der Waals surface area (Å²) in [6.07, 6.45) is 0. The van der Waals surface area contributed by atoms with E-state index < -0.39 is 0 Å². The van der Waals surface area contributed by atoms with E-state index >= 15 is 0 Å². The molecule has 2 aromatic rings. The van der Waals surface area contributed by atoms with Gasteiger partial charge in [0.1, 0.15) is 12.4 Å². The smallest absolute Gasteiger partial charge is 0.230 e. The predicted octanol–water partition coefficient (Wildman–Crippen LogP) is 3.00. The normalized spacial score (nSPS) is 10.5. The molecule has 1 amide bonds. The Morgan fingerprint density at radius 1 is 1.12 bits per heavy atom. The summed E-state index contributed by atoms with van der Waals surface area (Å²) in [5, 5.41) is 3.48. The van der Waals surface area contributed by atoms with Gasteiger partial charge in [-0.15, -0.1) is 0 Å². The number of aryl methyl sites for hydroxylation is 4. The maximum absolute atomic E-state index is 11.9. The van der Waals surface area contributed by atoms with E-state index in [0.29, 0.717) is 24.1 Å². The highest BCUT2D eigenvalue weighted by atomic mass is 32.2. The molecule has 0 aliphatic heterocycles. The molecule has 128 valence electrons. The number of para-hydroxylation sites is 1. The average molecular weight is 345 g/mol. The molecule has 0 saturated heterocycles. The van der Waals surface area contributed by atoms with Crippen LogP contribution in [0.3, 0.4) is 0 Å². The first-order chi connectivity index (χ1) is 11.5. The van der Waals surface area contributed by atoms with Crippen molar-refractivity contribution in [3.8, 4) is 5.75 Å². The van der Waals surface area contributed by atoms with Crippen LogP contribution >= 0.6 is 11.8 Å². The van der Waals surface area contributed by atoms with Crippen LogP contribution in [-0.2, 0) is 4.79 Å². The van der Waals surface area contributed by atoms with Crippen LogP contribution < -0.4 is 10.1 Å². The zero-order valence-electron chi connectivity index (χ0n) is 14.5.